The quantitative estimate of drug-likeness (QED) is 0.724. The first-order chi connectivity index (χ1) is 8.00. The Hall–Kier alpha value is -1.10. The van der Waals surface area contributed by atoms with Crippen LogP contribution in [0, 0.1) is 0 Å². The highest BCUT2D eigenvalue weighted by Crippen LogP contribution is 2.24. The van der Waals surface area contributed by atoms with Gasteiger partial charge in [-0.25, -0.2) is 0 Å². The molecule has 1 saturated heterocycles. The highest BCUT2D eigenvalue weighted by molar-refractivity contribution is 5.86. The molecular weight excluding hydrogens is 220 g/mol. The molecule has 0 bridgehead atoms. The van der Waals surface area contributed by atoms with E-state index in [1.807, 2.05) is 6.92 Å². The number of rotatable bonds is 6. The number of carboxylic acids is 1. The van der Waals surface area contributed by atoms with E-state index < -0.39 is 11.5 Å². The van der Waals surface area contributed by atoms with Crippen LogP contribution in [0.15, 0.2) is 0 Å². The molecule has 0 aromatic rings. The minimum atomic E-state index is -0.774. The number of aliphatic carboxylic acids is 1. The van der Waals surface area contributed by atoms with Gasteiger partial charge in [0.15, 0.2) is 0 Å². The summed E-state index contributed by atoms with van der Waals surface area (Å²) >= 11 is 0. The van der Waals surface area contributed by atoms with E-state index in [-0.39, 0.29) is 12.3 Å². The lowest BCUT2D eigenvalue weighted by molar-refractivity contribution is -0.138. The maximum Gasteiger partial charge on any atom is 0.303 e. The van der Waals surface area contributed by atoms with Gasteiger partial charge in [0.05, 0.1) is 5.54 Å². The molecule has 2 N–H and O–H groups in total. The molecule has 0 aliphatic carbocycles. The number of carboxylic acid groups (broad SMARTS) is 1. The van der Waals surface area contributed by atoms with Crippen LogP contribution in [-0.4, -0.2) is 47.1 Å². The van der Waals surface area contributed by atoms with E-state index in [0.29, 0.717) is 19.5 Å². The summed E-state index contributed by atoms with van der Waals surface area (Å²) in [6.45, 7) is 6.15. The second-order valence-corrected chi connectivity index (χ2v) is 4.76. The van der Waals surface area contributed by atoms with Crippen molar-refractivity contribution in [3.8, 4) is 0 Å². The third kappa shape index (κ3) is 3.43. The van der Waals surface area contributed by atoms with Crippen molar-refractivity contribution < 1.29 is 14.7 Å². The van der Waals surface area contributed by atoms with Crippen molar-refractivity contribution in [3.05, 3.63) is 0 Å². The third-order valence-electron chi connectivity index (χ3n) is 3.41. The van der Waals surface area contributed by atoms with Crippen molar-refractivity contribution in [1.29, 1.82) is 0 Å². The van der Waals surface area contributed by atoms with Gasteiger partial charge in [-0.2, -0.15) is 0 Å². The summed E-state index contributed by atoms with van der Waals surface area (Å²) in [5.74, 6) is -0.704. The maximum atomic E-state index is 11.9. The number of nitrogens with one attached hydrogen (secondary N) is 1. The minimum Gasteiger partial charge on any atom is -0.481 e. The average molecular weight is 242 g/mol. The van der Waals surface area contributed by atoms with E-state index in [2.05, 4.69) is 17.1 Å². The molecule has 98 valence electrons. The number of carbonyl (C=O) groups excluding carboxylic acids is 1. The van der Waals surface area contributed by atoms with E-state index >= 15 is 0 Å². The monoisotopic (exact) mass is 242 g/mol. The lowest BCUT2D eigenvalue weighted by atomic mass is 9.90. The molecule has 1 fully saturated rings. The van der Waals surface area contributed by atoms with Crippen LogP contribution >= 0.6 is 0 Å². The van der Waals surface area contributed by atoms with Gasteiger partial charge in [0.25, 0.3) is 0 Å². The number of carbonyl (C=O) groups is 2. The molecule has 5 heteroatoms. The topological polar surface area (TPSA) is 69.6 Å². The van der Waals surface area contributed by atoms with Crippen LogP contribution in [0.1, 0.15) is 39.5 Å². The van der Waals surface area contributed by atoms with Gasteiger partial charge in [0, 0.05) is 19.5 Å². The van der Waals surface area contributed by atoms with Crippen molar-refractivity contribution in [1.82, 2.24) is 10.2 Å². The highest BCUT2D eigenvalue weighted by Gasteiger charge is 2.40. The van der Waals surface area contributed by atoms with Gasteiger partial charge in [0.2, 0.25) is 5.91 Å². The summed E-state index contributed by atoms with van der Waals surface area (Å²) < 4.78 is 0. The molecule has 1 rings (SSSR count). The van der Waals surface area contributed by atoms with Crippen LogP contribution in [0.4, 0.5) is 0 Å². The molecule has 1 amide bonds. The Morgan fingerprint density at radius 1 is 1.59 bits per heavy atom. The summed E-state index contributed by atoms with van der Waals surface area (Å²) in [5, 5.41) is 11.5. The fourth-order valence-corrected chi connectivity index (χ4v) is 2.42. The molecule has 0 radical (unpaired) electrons. The molecule has 0 aromatic heterocycles. The second-order valence-electron chi connectivity index (χ2n) is 4.76. The molecule has 1 aliphatic heterocycles. The van der Waals surface area contributed by atoms with Gasteiger partial charge in [-0.1, -0.05) is 13.3 Å². The minimum absolute atomic E-state index is 0.0703. The number of amides is 1. The van der Waals surface area contributed by atoms with Gasteiger partial charge >= 0.3 is 5.97 Å². The van der Waals surface area contributed by atoms with Crippen LogP contribution < -0.4 is 5.32 Å². The maximum absolute atomic E-state index is 11.9. The SMILES string of the molecule is CCCC1(C)C(=O)NCCN1CCCC(=O)O. The molecule has 1 aliphatic rings. The summed E-state index contributed by atoms with van der Waals surface area (Å²) in [7, 11) is 0. The van der Waals surface area contributed by atoms with Gasteiger partial charge in [-0.05, 0) is 26.3 Å². The zero-order valence-corrected chi connectivity index (χ0v) is 10.7. The first-order valence-electron chi connectivity index (χ1n) is 6.26. The van der Waals surface area contributed by atoms with E-state index in [1.165, 1.54) is 0 Å². The first-order valence-corrected chi connectivity index (χ1v) is 6.26. The molecule has 17 heavy (non-hydrogen) atoms. The molecule has 1 unspecified atom stereocenters. The molecule has 5 nitrogen and oxygen atoms in total. The molecule has 1 atom stereocenters. The van der Waals surface area contributed by atoms with E-state index in [4.69, 9.17) is 5.11 Å². The highest BCUT2D eigenvalue weighted by atomic mass is 16.4. The smallest absolute Gasteiger partial charge is 0.303 e. The summed E-state index contributed by atoms with van der Waals surface area (Å²) in [6.07, 6.45) is 2.52. The van der Waals surface area contributed by atoms with E-state index in [9.17, 15) is 9.59 Å². The van der Waals surface area contributed by atoms with Crippen molar-refractivity contribution in [2.24, 2.45) is 0 Å². The standard InChI is InChI=1S/C12H22N2O3/c1-3-6-12(2)11(17)13-7-9-14(12)8-4-5-10(15)16/h3-9H2,1-2H3,(H,13,17)(H,15,16). The van der Waals surface area contributed by atoms with Crippen molar-refractivity contribution in [2.75, 3.05) is 19.6 Å². The summed E-state index contributed by atoms with van der Waals surface area (Å²) in [5.41, 5.74) is -0.467. The third-order valence-corrected chi connectivity index (χ3v) is 3.41. The predicted molar refractivity (Wildman–Crippen MR) is 64.8 cm³/mol. The molecule has 0 aromatic carbocycles. The zero-order chi connectivity index (χ0) is 12.9. The Kier molecular flexibility index (Phi) is 4.93. The fourth-order valence-electron chi connectivity index (χ4n) is 2.42. The van der Waals surface area contributed by atoms with Crippen LogP contribution in [-0.2, 0) is 9.59 Å². The number of hydrogen-bond donors (Lipinski definition) is 2. The number of piperazine rings is 1. The first kappa shape index (κ1) is 14.0. The largest absolute Gasteiger partial charge is 0.481 e. The van der Waals surface area contributed by atoms with Crippen LogP contribution in [0.5, 0.6) is 0 Å². The van der Waals surface area contributed by atoms with Crippen LogP contribution in [0.2, 0.25) is 0 Å². The summed E-state index contributed by atoms with van der Waals surface area (Å²) in [4.78, 5) is 24.6. The Balaban J connectivity index is 2.59. The van der Waals surface area contributed by atoms with Gasteiger partial charge in [-0.3, -0.25) is 14.5 Å². The molecule has 0 spiro atoms. The predicted octanol–water partition coefficient (Wildman–Crippen LogP) is 0.842. The van der Waals surface area contributed by atoms with Crippen molar-refractivity contribution in [3.63, 3.8) is 0 Å². The normalized spacial score (nSPS) is 25.6. The van der Waals surface area contributed by atoms with E-state index in [1.54, 1.807) is 0 Å². The Morgan fingerprint density at radius 2 is 2.29 bits per heavy atom. The van der Waals surface area contributed by atoms with Gasteiger partial charge < -0.3 is 10.4 Å². The van der Waals surface area contributed by atoms with Gasteiger partial charge in [0.1, 0.15) is 0 Å². The Morgan fingerprint density at radius 3 is 2.88 bits per heavy atom. The van der Waals surface area contributed by atoms with E-state index in [0.717, 1.165) is 19.4 Å². The summed E-state index contributed by atoms with van der Waals surface area (Å²) in [6, 6.07) is 0. The van der Waals surface area contributed by atoms with Crippen molar-refractivity contribution in [2.45, 2.75) is 45.1 Å². The molecule has 0 saturated carbocycles. The van der Waals surface area contributed by atoms with Crippen molar-refractivity contribution >= 4 is 11.9 Å². The molecular formula is C12H22N2O3. The number of nitrogens with zero attached hydrogens (tertiary/aromatic N) is 1. The van der Waals surface area contributed by atoms with Crippen LogP contribution in [0.3, 0.4) is 0 Å². The Labute approximate surface area is 102 Å². The molecule has 1 heterocycles. The Bertz CT molecular complexity index is 293. The van der Waals surface area contributed by atoms with Crippen LogP contribution in [0.25, 0.3) is 0 Å². The fraction of sp³-hybridized carbons (Fsp3) is 0.833. The number of hydrogen-bond acceptors (Lipinski definition) is 3. The van der Waals surface area contributed by atoms with Gasteiger partial charge in [-0.15, -0.1) is 0 Å². The lowest BCUT2D eigenvalue weighted by Crippen LogP contribution is -2.63. The zero-order valence-electron chi connectivity index (χ0n) is 10.7. The average Bonchev–Trinajstić information content (AvgIpc) is 2.25. The second kappa shape index (κ2) is 6.00. The lowest BCUT2D eigenvalue weighted by Gasteiger charge is -2.43.